The number of benzene rings is 6. The van der Waals surface area contributed by atoms with E-state index in [4.69, 9.17) is 36.5 Å². The maximum atomic E-state index is 14.4. The number of non-ortho nitro benzene ring substituents is 2. The van der Waals surface area contributed by atoms with Crippen LogP contribution < -0.4 is 19.2 Å². The van der Waals surface area contributed by atoms with Crippen molar-refractivity contribution in [3.63, 3.8) is 0 Å². The zero-order valence-electron chi connectivity index (χ0n) is 45.2. The second kappa shape index (κ2) is 22.4. The summed E-state index contributed by atoms with van der Waals surface area (Å²) in [6.45, 7) is 1.85. The molecule has 2 unspecified atom stereocenters. The van der Waals surface area contributed by atoms with Gasteiger partial charge in [-0.15, -0.1) is 23.2 Å². The van der Waals surface area contributed by atoms with Crippen LogP contribution >= 0.6 is 23.2 Å². The van der Waals surface area contributed by atoms with Crippen molar-refractivity contribution in [1.82, 2.24) is 19.2 Å². The number of hydrogen-bond donors (Lipinski definition) is 2. The van der Waals surface area contributed by atoms with Crippen LogP contribution in [0.25, 0.3) is 66.1 Å². The highest BCUT2D eigenvalue weighted by Gasteiger charge is 2.40. The molecule has 2 atom stereocenters. The van der Waals surface area contributed by atoms with Gasteiger partial charge in [0.05, 0.1) is 41.8 Å². The third-order valence-electron chi connectivity index (χ3n) is 15.1. The Morgan fingerprint density at radius 1 is 0.566 bits per heavy atom. The Bertz CT molecular complexity index is 4100. The number of alkyl halides is 2. The fourth-order valence-corrected chi connectivity index (χ4v) is 13.8. The molecule has 0 saturated carbocycles. The van der Waals surface area contributed by atoms with E-state index in [0.717, 1.165) is 0 Å². The van der Waals surface area contributed by atoms with Crippen molar-refractivity contribution >= 4 is 121 Å². The molecule has 83 heavy (non-hydrogen) atoms. The van der Waals surface area contributed by atoms with Gasteiger partial charge in [-0.3, -0.25) is 29.8 Å². The molecule has 5 heterocycles. The molecule has 0 fully saturated rings. The van der Waals surface area contributed by atoms with Gasteiger partial charge in [-0.1, -0.05) is 12.1 Å². The summed E-state index contributed by atoms with van der Waals surface area (Å²) < 4.78 is 76.8. The maximum Gasteiger partial charge on any atom is 0.294 e. The number of carbonyl (C=O) groups is 2. The molecule has 9 aromatic rings. The first kappa shape index (κ1) is 57.1. The number of nitrogens with one attached hydrogen (secondary N) is 2. The molecule has 2 aliphatic rings. The first-order chi connectivity index (χ1) is 39.6. The zero-order valence-corrected chi connectivity index (χ0v) is 48.3. The molecule has 2 aliphatic heterocycles. The molecule has 11 rings (SSSR count). The van der Waals surface area contributed by atoms with Gasteiger partial charge in [-0.25, -0.2) is 26.3 Å². The monoisotopic (exact) mass is 1200 g/mol. The molecule has 0 spiro atoms. The molecule has 430 valence electrons. The van der Waals surface area contributed by atoms with Gasteiger partial charge in [0.15, 0.2) is 11.5 Å². The minimum atomic E-state index is -4.00. The first-order valence-electron chi connectivity index (χ1n) is 26.4. The van der Waals surface area contributed by atoms with Crippen molar-refractivity contribution in [2.24, 2.45) is 0 Å². The number of nitro groups is 2. The van der Waals surface area contributed by atoms with E-state index in [1.54, 1.807) is 60.7 Å². The van der Waals surface area contributed by atoms with Gasteiger partial charge in [-0.05, 0) is 161 Å². The highest BCUT2D eigenvalue weighted by atomic mass is 35.5. The van der Waals surface area contributed by atoms with Gasteiger partial charge in [0.25, 0.3) is 23.2 Å². The van der Waals surface area contributed by atoms with Gasteiger partial charge in [0.2, 0.25) is 20.0 Å². The maximum absolute atomic E-state index is 14.4. The average molecular weight is 1210 g/mol. The number of anilines is 2. The normalized spacial score (nSPS) is 15.4. The second-order valence-electron chi connectivity index (χ2n) is 21.1. The minimum Gasteiger partial charge on any atom is -0.456 e. The van der Waals surface area contributed by atoms with E-state index in [1.165, 1.54) is 58.3 Å². The summed E-state index contributed by atoms with van der Waals surface area (Å²) in [5, 5.41) is 27.4. The fraction of sp³-hybridized carbons (Fsp3) is 0.276. The Morgan fingerprint density at radius 2 is 0.976 bits per heavy atom. The number of nitro benzene ring substituents is 2. The number of rotatable bonds is 20. The lowest BCUT2D eigenvalue weighted by Crippen LogP contribution is -2.29. The van der Waals surface area contributed by atoms with Crippen LogP contribution in [0.1, 0.15) is 56.9 Å². The van der Waals surface area contributed by atoms with E-state index in [-0.39, 0.29) is 92.8 Å². The second-order valence-corrected chi connectivity index (χ2v) is 25.3. The van der Waals surface area contributed by atoms with E-state index in [2.05, 4.69) is 9.44 Å². The van der Waals surface area contributed by atoms with Gasteiger partial charge in [0.1, 0.15) is 22.7 Å². The van der Waals surface area contributed by atoms with Gasteiger partial charge < -0.3 is 32.9 Å². The van der Waals surface area contributed by atoms with E-state index < -0.39 is 53.5 Å². The van der Waals surface area contributed by atoms with Crippen LogP contribution in [0.4, 0.5) is 22.7 Å². The lowest BCUT2D eigenvalue weighted by molar-refractivity contribution is -0.383. The smallest absolute Gasteiger partial charge is 0.294 e. The van der Waals surface area contributed by atoms with Gasteiger partial charge >= 0.3 is 0 Å². The van der Waals surface area contributed by atoms with Crippen LogP contribution in [0.2, 0.25) is 0 Å². The summed E-state index contributed by atoms with van der Waals surface area (Å²) in [6.07, 6.45) is 1.12. The van der Waals surface area contributed by atoms with Crippen LogP contribution in [0.15, 0.2) is 132 Å². The number of fused-ring (bicyclic) bond motifs is 8. The number of nitrogens with zero attached hydrogens (tertiary/aromatic N) is 6. The Kier molecular flexibility index (Phi) is 15.4. The summed E-state index contributed by atoms with van der Waals surface area (Å²) in [5.41, 5.74) is 3.05. The van der Waals surface area contributed by atoms with Crippen molar-refractivity contribution in [2.45, 2.75) is 34.5 Å². The number of amides is 2. The quantitative estimate of drug-likeness (QED) is 0.0311. The van der Waals surface area contributed by atoms with Crippen molar-refractivity contribution in [1.29, 1.82) is 0 Å². The molecule has 0 aliphatic carbocycles. The molecule has 3 aromatic heterocycles. The van der Waals surface area contributed by atoms with Crippen molar-refractivity contribution in [2.75, 3.05) is 89.0 Å². The van der Waals surface area contributed by atoms with Crippen molar-refractivity contribution in [3.8, 4) is 22.6 Å². The summed E-state index contributed by atoms with van der Waals surface area (Å²) >= 11 is 13.0. The summed E-state index contributed by atoms with van der Waals surface area (Å²) in [7, 11) is -0.489. The van der Waals surface area contributed by atoms with Crippen LogP contribution in [0.3, 0.4) is 0 Å². The molecule has 2 amide bonds. The predicted molar refractivity (Wildman–Crippen MR) is 317 cm³/mol. The van der Waals surface area contributed by atoms with E-state index >= 15 is 0 Å². The summed E-state index contributed by atoms with van der Waals surface area (Å²) in [6, 6.07) is 28.3. The molecule has 21 nitrogen and oxygen atoms in total. The molecule has 2 N–H and O–H groups in total. The number of halogens is 2. The molecular weight excluding hydrogens is 1150 g/mol. The third-order valence-corrected chi connectivity index (χ3v) is 18.7. The SMILES string of the molecule is CN(C)CCCNS(=O)(=O)c1ccc2c3c(cc([N+](=O)[O-])c2c1)N(C(=O)c1cc2cc(-c4ccc(-c5ccc6oc(C(=O)N7CC(CCl)c8c7cc([N+](=O)[O-])c7cc(S(=O)(=O)NCCCN(C)C)ccc87)cc6c5)o4)ccc2o1)CC3CCl. The van der Waals surface area contributed by atoms with Crippen molar-refractivity contribution in [3.05, 3.63) is 152 Å². The first-order valence-corrected chi connectivity index (χ1v) is 30.4. The van der Waals surface area contributed by atoms with Crippen molar-refractivity contribution < 1.29 is 49.5 Å². The molecule has 25 heteroatoms. The molecule has 0 bridgehead atoms. The molecular formula is C58H54Cl2N8O13S2. The number of carbonyl (C=O) groups excluding carboxylic acids is 2. The highest BCUT2D eigenvalue weighted by Crippen LogP contribution is 2.49. The Hall–Kier alpha value is -7.74. The standard InChI is InChI=1S/C58H54Cl2N8O13S2/c1-63(2)19-5-17-61-82(75,76)39-9-11-41-43(25-39)45(67(71)72)27-47-55(41)37(29-59)31-65(47)57(69)53-23-35-21-33(7-13-51(35)80-53)49-15-16-50(79-49)34-8-14-52-36(22-34)24-54(81-52)58(70)66-32-38(30-60)56-42-12-10-40(83(77,78)62-18-6-20-64(3)4)26-44(42)46(68(73)74)28-48(56)66/h7-16,21-28,37-38,61-62H,5-6,17-20,29-32H2,1-4H3. The number of hydrogen-bond acceptors (Lipinski definition) is 15. The van der Waals surface area contributed by atoms with Crippen LogP contribution in [0, 0.1) is 20.2 Å². The Morgan fingerprint density at radius 3 is 1.35 bits per heavy atom. The fourth-order valence-electron chi connectivity index (χ4n) is 11.1. The third kappa shape index (κ3) is 10.8. The number of sulfonamides is 2. The molecule has 0 saturated heterocycles. The lowest BCUT2D eigenvalue weighted by atomic mass is 9.95. The molecule has 6 aromatic carbocycles. The van der Waals surface area contributed by atoms with Gasteiger partial charge in [-0.2, -0.15) is 0 Å². The Balaban J connectivity index is 0.823. The number of furan rings is 3. The zero-order chi connectivity index (χ0) is 58.8. The lowest BCUT2D eigenvalue weighted by Gasteiger charge is -2.16. The van der Waals surface area contributed by atoms with Crippen LogP contribution in [0.5, 0.6) is 0 Å². The van der Waals surface area contributed by atoms with Crippen LogP contribution in [-0.4, -0.2) is 128 Å². The average Bonchev–Trinajstić information content (AvgIpc) is 2.45. The predicted octanol–water partition coefficient (Wildman–Crippen LogP) is 10.7. The van der Waals surface area contributed by atoms with E-state index in [0.29, 0.717) is 92.4 Å². The largest absolute Gasteiger partial charge is 0.456 e. The minimum absolute atomic E-state index is 0.0275. The van der Waals surface area contributed by atoms with E-state index in [9.17, 15) is 46.7 Å². The Labute approximate surface area is 485 Å². The highest BCUT2D eigenvalue weighted by molar-refractivity contribution is 7.89. The molecule has 0 radical (unpaired) electrons. The summed E-state index contributed by atoms with van der Waals surface area (Å²) in [4.78, 5) is 59.2. The summed E-state index contributed by atoms with van der Waals surface area (Å²) in [5.74, 6) is -0.946. The topological polar surface area (TPSA) is 265 Å². The van der Waals surface area contributed by atoms with E-state index in [1.807, 2.05) is 38.0 Å². The van der Waals surface area contributed by atoms with Crippen LogP contribution in [-0.2, 0) is 20.0 Å². The van der Waals surface area contributed by atoms with Gasteiger partial charge in [0, 0.05) is 83.8 Å².